The largest absolute Gasteiger partial charge is 0.472 e. The van der Waals surface area contributed by atoms with Gasteiger partial charge in [-0.25, -0.2) is 4.79 Å². The van der Waals surface area contributed by atoms with Crippen LogP contribution in [0.5, 0.6) is 0 Å². The van der Waals surface area contributed by atoms with Crippen LogP contribution >= 0.6 is 0 Å². The van der Waals surface area contributed by atoms with Crippen LogP contribution in [0, 0.1) is 39.9 Å². The summed E-state index contributed by atoms with van der Waals surface area (Å²) in [4.78, 5) is 41.0. The van der Waals surface area contributed by atoms with Gasteiger partial charge in [0.1, 0.15) is 24.4 Å². The number of aliphatic hydroxyl groups is 1. The molecule has 0 aromatic carbocycles. The number of furan rings is 1. The summed E-state index contributed by atoms with van der Waals surface area (Å²) in [5, 5.41) is 12.3. The predicted molar refractivity (Wildman–Crippen MR) is 141 cm³/mol. The van der Waals surface area contributed by atoms with Crippen LogP contribution in [0.2, 0.25) is 0 Å². The minimum Gasteiger partial charge on any atom is -0.472 e. The van der Waals surface area contributed by atoms with Gasteiger partial charge in [0.2, 0.25) is 0 Å². The van der Waals surface area contributed by atoms with E-state index in [4.69, 9.17) is 23.4 Å². The van der Waals surface area contributed by atoms with Crippen LogP contribution in [0.15, 0.2) is 23.0 Å². The van der Waals surface area contributed by atoms with Gasteiger partial charge in [0.25, 0.3) is 0 Å². The van der Waals surface area contributed by atoms with Gasteiger partial charge in [0, 0.05) is 21.8 Å². The Bertz CT molecular complexity index is 1320. The molecule has 0 unspecified atom stereocenters. The Labute approximate surface area is 239 Å². The van der Waals surface area contributed by atoms with Crippen molar-refractivity contribution in [2.45, 2.75) is 108 Å². The summed E-state index contributed by atoms with van der Waals surface area (Å²) < 4.78 is 30.7. The molecule has 7 fully saturated rings. The van der Waals surface area contributed by atoms with Crippen LogP contribution in [-0.4, -0.2) is 58.9 Å². The third-order valence-corrected chi connectivity index (χ3v) is 13.2. The van der Waals surface area contributed by atoms with Crippen molar-refractivity contribution in [2.24, 2.45) is 39.9 Å². The summed E-state index contributed by atoms with van der Waals surface area (Å²) in [5.41, 5.74) is -3.75. The minimum atomic E-state index is -1.36. The topological polar surface area (TPSA) is 125 Å². The van der Waals surface area contributed by atoms with E-state index in [-0.39, 0.29) is 30.7 Å². The van der Waals surface area contributed by atoms with Gasteiger partial charge in [-0.05, 0) is 55.9 Å². The van der Waals surface area contributed by atoms with Gasteiger partial charge < -0.3 is 28.5 Å². The summed E-state index contributed by atoms with van der Waals surface area (Å²) in [5.74, 6) is -1.06. The number of ether oxygens (including phenoxy) is 4. The summed E-state index contributed by atoms with van der Waals surface area (Å²) in [6.07, 6.45) is 4.65. The van der Waals surface area contributed by atoms with Gasteiger partial charge in [0.05, 0.1) is 36.6 Å². The molecule has 3 spiro atoms. The first-order valence-electron chi connectivity index (χ1n) is 15.4. The second-order valence-electron chi connectivity index (χ2n) is 14.9. The van der Waals surface area contributed by atoms with E-state index < -0.39 is 63.8 Å². The number of rotatable bonds is 2. The number of esters is 2. The lowest BCUT2D eigenvalue weighted by atomic mass is 9.36. The molecule has 5 heterocycles. The molecule has 7 aliphatic rings. The molecule has 8 rings (SSSR count). The van der Waals surface area contributed by atoms with E-state index in [0.717, 1.165) is 31.2 Å². The van der Waals surface area contributed by atoms with Gasteiger partial charge in [-0.1, -0.05) is 34.1 Å². The van der Waals surface area contributed by atoms with Crippen LogP contribution < -0.4 is 0 Å². The number of hydrogen-bond acceptors (Lipinski definition) is 9. The molecule has 1 aromatic heterocycles. The van der Waals surface area contributed by atoms with Crippen molar-refractivity contribution in [1.29, 1.82) is 0 Å². The van der Waals surface area contributed by atoms with E-state index in [1.54, 1.807) is 18.6 Å². The third-order valence-electron chi connectivity index (χ3n) is 13.2. The van der Waals surface area contributed by atoms with Crippen LogP contribution in [0.25, 0.3) is 0 Å². The molecule has 3 aliphatic carbocycles. The molecule has 1 N–H and O–H groups in total. The molecule has 41 heavy (non-hydrogen) atoms. The number of aliphatic hydroxyl groups excluding tert-OH is 1. The Hall–Kier alpha value is -2.23. The quantitative estimate of drug-likeness (QED) is 0.418. The molecule has 0 bridgehead atoms. The maximum atomic E-state index is 14.8. The minimum absolute atomic E-state index is 0.0844. The summed E-state index contributed by atoms with van der Waals surface area (Å²) >= 11 is 0. The summed E-state index contributed by atoms with van der Waals surface area (Å²) in [7, 11) is 0. The van der Waals surface area contributed by atoms with E-state index in [1.807, 2.05) is 6.92 Å². The number of Topliss-reactive ketones (excluding diaryl/α,β-unsaturated/α-hetero) is 1. The van der Waals surface area contributed by atoms with E-state index >= 15 is 0 Å². The van der Waals surface area contributed by atoms with Crippen molar-refractivity contribution in [3.8, 4) is 0 Å². The zero-order chi connectivity index (χ0) is 28.7. The van der Waals surface area contributed by atoms with Crippen molar-refractivity contribution < 1.29 is 42.9 Å². The monoisotopic (exact) mass is 568 g/mol. The first-order valence-corrected chi connectivity index (χ1v) is 15.4. The van der Waals surface area contributed by atoms with Crippen LogP contribution in [0.3, 0.4) is 0 Å². The highest BCUT2D eigenvalue weighted by molar-refractivity contribution is 5.92. The maximum absolute atomic E-state index is 14.8. The van der Waals surface area contributed by atoms with Crippen LogP contribution in [0.4, 0.5) is 0 Å². The first-order chi connectivity index (χ1) is 19.5. The van der Waals surface area contributed by atoms with E-state index in [0.29, 0.717) is 24.7 Å². The first kappa shape index (κ1) is 26.4. The third kappa shape index (κ3) is 2.83. The Kier molecular flexibility index (Phi) is 5.17. The smallest absolute Gasteiger partial charge is 0.339 e. The molecule has 3 saturated carbocycles. The van der Waals surface area contributed by atoms with Gasteiger partial charge >= 0.3 is 11.9 Å². The lowest BCUT2D eigenvalue weighted by Gasteiger charge is -2.66. The zero-order valence-electron chi connectivity index (χ0n) is 24.2. The molecule has 12 atom stereocenters. The molecule has 222 valence electrons. The average molecular weight is 569 g/mol. The van der Waals surface area contributed by atoms with Gasteiger partial charge in [-0.15, -0.1) is 0 Å². The number of ketones is 1. The highest BCUT2D eigenvalue weighted by atomic mass is 16.7. The summed E-state index contributed by atoms with van der Waals surface area (Å²) in [6, 6.07) is 1.80. The molecule has 4 aliphatic heterocycles. The Morgan fingerprint density at radius 1 is 1.05 bits per heavy atom. The summed E-state index contributed by atoms with van der Waals surface area (Å²) in [6.45, 7) is 8.50. The number of epoxide rings is 1. The normalized spacial score (nSPS) is 53.5. The number of carbonyl (C=O) groups excluding carboxylic acids is 3. The van der Waals surface area contributed by atoms with Crippen molar-refractivity contribution in [1.82, 2.24) is 0 Å². The van der Waals surface area contributed by atoms with Crippen molar-refractivity contribution >= 4 is 17.7 Å². The lowest BCUT2D eigenvalue weighted by Crippen LogP contribution is -2.76. The SMILES string of the molecule is CC(C)[C@@H]1CCC[C@@]2(C1)O[C@H]1CC(=O)OC[C@@]13[C@@H]2C(=O)[C@@H](O)[C@]1(C)[C@@H]3CC[C@@]2(C)[C@H](c3ccoc3)OC(=O)[C@H]3O[C@@]312. The second-order valence-corrected chi connectivity index (χ2v) is 14.9. The molecule has 9 heteroatoms. The fourth-order valence-corrected chi connectivity index (χ4v) is 11.4. The average Bonchev–Trinajstić information content (AvgIpc) is 3.39. The van der Waals surface area contributed by atoms with Crippen molar-refractivity contribution in [3.05, 3.63) is 24.2 Å². The fourth-order valence-electron chi connectivity index (χ4n) is 11.4. The number of fused-ring (bicyclic) bond motifs is 2. The van der Waals surface area contributed by atoms with E-state index in [9.17, 15) is 19.5 Å². The molecular formula is C32H40O9. The van der Waals surface area contributed by atoms with Gasteiger partial charge in [-0.3, -0.25) is 9.59 Å². The fraction of sp³-hybridized carbons (Fsp3) is 0.781. The lowest BCUT2D eigenvalue weighted by molar-refractivity contribution is -0.252. The zero-order valence-corrected chi connectivity index (χ0v) is 24.2. The predicted octanol–water partition coefficient (Wildman–Crippen LogP) is 3.91. The molecule has 0 amide bonds. The van der Waals surface area contributed by atoms with Gasteiger partial charge in [0.15, 0.2) is 11.9 Å². The Morgan fingerprint density at radius 2 is 1.85 bits per heavy atom. The number of carbonyl (C=O) groups is 3. The van der Waals surface area contributed by atoms with Crippen molar-refractivity contribution in [3.63, 3.8) is 0 Å². The van der Waals surface area contributed by atoms with E-state index in [1.165, 1.54) is 0 Å². The van der Waals surface area contributed by atoms with Gasteiger partial charge in [-0.2, -0.15) is 0 Å². The second kappa shape index (κ2) is 8.03. The number of cyclic esters (lactones) is 2. The number of hydrogen-bond donors (Lipinski definition) is 1. The molecular weight excluding hydrogens is 528 g/mol. The maximum Gasteiger partial charge on any atom is 0.339 e. The molecule has 9 nitrogen and oxygen atoms in total. The van der Waals surface area contributed by atoms with Crippen LogP contribution in [0.1, 0.15) is 84.3 Å². The van der Waals surface area contributed by atoms with Crippen molar-refractivity contribution in [2.75, 3.05) is 6.61 Å². The standard InChI is InChI=1S/C32H40O9/c1-16(2)17-6-5-9-30(13-17)23-22(34)24(35)29(4)19(31(23)15-38-21(33)12-20(31)40-30)7-10-28(3)25(18-8-11-37-14-18)39-27(36)26-32(28,29)41-26/h8,11,14,16-17,19-20,23-26,35H,5-7,9-10,12-13,15H2,1-4H3/t17-,19+,20+,23-,24-,25+,26-,28+,29+,30+,31+,32-/m1/s1. The highest BCUT2D eigenvalue weighted by Gasteiger charge is 2.91. The Balaban J connectivity index is 1.30. The molecule has 4 saturated heterocycles. The molecule has 1 aromatic rings. The molecule has 0 radical (unpaired) electrons. The van der Waals surface area contributed by atoms with Crippen LogP contribution in [-0.2, 0) is 33.3 Å². The highest BCUT2D eigenvalue weighted by Crippen LogP contribution is 2.80. The Morgan fingerprint density at radius 3 is 2.59 bits per heavy atom. The van der Waals surface area contributed by atoms with E-state index in [2.05, 4.69) is 20.8 Å².